The summed E-state index contributed by atoms with van der Waals surface area (Å²) in [5.41, 5.74) is 0. The summed E-state index contributed by atoms with van der Waals surface area (Å²) in [6, 6.07) is 0.732. The minimum atomic E-state index is 0.732. The van der Waals surface area contributed by atoms with E-state index in [0.29, 0.717) is 0 Å². The molecule has 2 atom stereocenters. The van der Waals surface area contributed by atoms with Crippen LogP contribution in [0.25, 0.3) is 0 Å². The van der Waals surface area contributed by atoms with Crippen LogP contribution in [-0.4, -0.2) is 62.7 Å². The molecule has 0 saturated carbocycles. The first-order valence-corrected chi connectivity index (χ1v) is 6.87. The van der Waals surface area contributed by atoms with Gasteiger partial charge in [0.25, 0.3) is 0 Å². The molecule has 0 radical (unpaired) electrons. The Morgan fingerprint density at radius 3 is 2.62 bits per heavy atom. The predicted molar refractivity (Wildman–Crippen MR) is 68.7 cm³/mol. The van der Waals surface area contributed by atoms with Crippen LogP contribution in [0.5, 0.6) is 0 Å². The highest BCUT2D eigenvalue weighted by molar-refractivity contribution is 4.85. The molecular formula is C13H27N3. The maximum Gasteiger partial charge on any atom is 0.0255 e. The molecule has 0 spiro atoms. The van der Waals surface area contributed by atoms with Crippen molar-refractivity contribution < 1.29 is 0 Å². The van der Waals surface area contributed by atoms with Crippen LogP contribution < -0.4 is 5.32 Å². The fourth-order valence-corrected chi connectivity index (χ4v) is 3.19. The summed E-state index contributed by atoms with van der Waals surface area (Å²) in [5.74, 6) is 0.870. The number of nitrogens with one attached hydrogen (secondary N) is 1. The third kappa shape index (κ3) is 3.19. The fraction of sp³-hybridized carbons (Fsp3) is 1.00. The second-order valence-corrected chi connectivity index (χ2v) is 5.65. The first-order chi connectivity index (χ1) is 7.77. The van der Waals surface area contributed by atoms with Gasteiger partial charge in [-0.15, -0.1) is 0 Å². The summed E-state index contributed by atoms with van der Waals surface area (Å²) in [6.45, 7) is 6.38. The van der Waals surface area contributed by atoms with Crippen LogP contribution in [0.1, 0.15) is 25.7 Å². The Bertz CT molecular complexity index is 199. The topological polar surface area (TPSA) is 18.5 Å². The summed E-state index contributed by atoms with van der Waals surface area (Å²) >= 11 is 0. The summed E-state index contributed by atoms with van der Waals surface area (Å²) < 4.78 is 0. The van der Waals surface area contributed by atoms with Gasteiger partial charge in [-0.25, -0.2) is 0 Å². The molecule has 94 valence electrons. The fourth-order valence-electron chi connectivity index (χ4n) is 3.19. The van der Waals surface area contributed by atoms with Crippen LogP contribution in [0.4, 0.5) is 0 Å². The van der Waals surface area contributed by atoms with E-state index < -0.39 is 0 Å². The van der Waals surface area contributed by atoms with E-state index in [-0.39, 0.29) is 0 Å². The van der Waals surface area contributed by atoms with Gasteiger partial charge in [-0.1, -0.05) is 6.42 Å². The first kappa shape index (κ1) is 12.3. The monoisotopic (exact) mass is 225 g/mol. The third-order valence-corrected chi connectivity index (χ3v) is 4.19. The summed E-state index contributed by atoms with van der Waals surface area (Å²) in [7, 11) is 4.45. The van der Waals surface area contributed by atoms with Crippen molar-refractivity contribution in [2.45, 2.75) is 31.7 Å². The Morgan fingerprint density at radius 2 is 1.94 bits per heavy atom. The number of piperidine rings is 2. The summed E-state index contributed by atoms with van der Waals surface area (Å²) in [5, 5.41) is 3.52. The lowest BCUT2D eigenvalue weighted by Gasteiger charge is -2.40. The molecule has 2 aliphatic heterocycles. The number of rotatable bonds is 3. The molecule has 2 heterocycles. The van der Waals surface area contributed by atoms with Crippen LogP contribution in [0.3, 0.4) is 0 Å². The van der Waals surface area contributed by atoms with Gasteiger partial charge in [0.2, 0.25) is 0 Å². The van der Waals surface area contributed by atoms with Crippen LogP contribution in [0.2, 0.25) is 0 Å². The molecule has 0 aromatic heterocycles. The van der Waals surface area contributed by atoms with Crippen molar-refractivity contribution in [1.82, 2.24) is 15.1 Å². The molecule has 2 fully saturated rings. The zero-order valence-electron chi connectivity index (χ0n) is 10.9. The Labute approximate surface area is 100 Å². The van der Waals surface area contributed by atoms with Crippen LogP contribution in [0, 0.1) is 5.92 Å². The predicted octanol–water partition coefficient (Wildman–Crippen LogP) is 1.01. The molecule has 2 saturated heterocycles. The smallest absolute Gasteiger partial charge is 0.0255 e. The molecule has 0 aromatic rings. The van der Waals surface area contributed by atoms with Crippen LogP contribution in [-0.2, 0) is 0 Å². The number of nitrogens with zero attached hydrogens (tertiary/aromatic N) is 2. The molecule has 0 amide bonds. The molecule has 0 aliphatic carbocycles. The molecule has 1 N–H and O–H groups in total. The van der Waals surface area contributed by atoms with Crippen molar-refractivity contribution in [1.29, 1.82) is 0 Å². The molecule has 0 aromatic carbocycles. The van der Waals surface area contributed by atoms with Gasteiger partial charge in [-0.2, -0.15) is 0 Å². The lowest BCUT2D eigenvalue weighted by molar-refractivity contribution is 0.110. The van der Waals surface area contributed by atoms with Crippen molar-refractivity contribution in [3.8, 4) is 0 Å². The molecule has 3 nitrogen and oxygen atoms in total. The summed E-state index contributed by atoms with van der Waals surface area (Å²) in [6.07, 6.45) is 5.62. The third-order valence-electron chi connectivity index (χ3n) is 4.19. The Kier molecular flexibility index (Phi) is 4.62. The average Bonchev–Trinajstić information content (AvgIpc) is 2.31. The van der Waals surface area contributed by atoms with E-state index in [1.54, 1.807) is 0 Å². The molecule has 16 heavy (non-hydrogen) atoms. The largest absolute Gasteiger partial charge is 0.315 e. The highest BCUT2D eigenvalue weighted by Gasteiger charge is 2.28. The molecule has 2 rings (SSSR count). The minimum absolute atomic E-state index is 0.732. The lowest BCUT2D eigenvalue weighted by Crippen LogP contribution is -2.52. The highest BCUT2D eigenvalue weighted by atomic mass is 15.2. The van der Waals surface area contributed by atoms with Gasteiger partial charge >= 0.3 is 0 Å². The SMILES string of the molecule is CN(C)C1CNCCC1CN1CCCCC1. The second kappa shape index (κ2) is 5.99. The van der Waals surface area contributed by atoms with Crippen molar-refractivity contribution in [3.63, 3.8) is 0 Å². The number of likely N-dealkylation sites (tertiary alicyclic amines) is 1. The van der Waals surface area contributed by atoms with E-state index in [0.717, 1.165) is 12.0 Å². The Morgan fingerprint density at radius 1 is 1.19 bits per heavy atom. The number of hydrogen-bond donors (Lipinski definition) is 1. The van der Waals surface area contributed by atoms with Crippen molar-refractivity contribution in [2.75, 3.05) is 46.8 Å². The second-order valence-electron chi connectivity index (χ2n) is 5.65. The highest BCUT2D eigenvalue weighted by Crippen LogP contribution is 2.20. The average molecular weight is 225 g/mol. The standard InChI is InChI=1S/C13H27N3/c1-15(2)13-10-14-7-6-12(13)11-16-8-4-3-5-9-16/h12-14H,3-11H2,1-2H3. The molecule has 3 heteroatoms. The van der Waals surface area contributed by atoms with Gasteiger partial charge in [0.05, 0.1) is 0 Å². The molecule has 2 unspecified atom stereocenters. The van der Waals surface area contributed by atoms with E-state index in [4.69, 9.17) is 0 Å². The zero-order valence-corrected chi connectivity index (χ0v) is 10.9. The van der Waals surface area contributed by atoms with Gasteiger partial charge in [-0.3, -0.25) is 0 Å². The quantitative estimate of drug-likeness (QED) is 0.773. The zero-order chi connectivity index (χ0) is 11.4. The first-order valence-electron chi connectivity index (χ1n) is 6.87. The van der Waals surface area contributed by atoms with E-state index in [9.17, 15) is 0 Å². The van der Waals surface area contributed by atoms with Gasteiger partial charge in [-0.05, 0) is 58.9 Å². The van der Waals surface area contributed by atoms with Gasteiger partial charge in [0.1, 0.15) is 0 Å². The van der Waals surface area contributed by atoms with Crippen molar-refractivity contribution in [2.24, 2.45) is 5.92 Å². The molecular weight excluding hydrogens is 198 g/mol. The number of hydrogen-bond acceptors (Lipinski definition) is 3. The van der Waals surface area contributed by atoms with Gasteiger partial charge in [0, 0.05) is 19.1 Å². The van der Waals surface area contributed by atoms with E-state index in [1.165, 1.54) is 58.4 Å². The van der Waals surface area contributed by atoms with Crippen molar-refractivity contribution >= 4 is 0 Å². The summed E-state index contributed by atoms with van der Waals surface area (Å²) in [4.78, 5) is 5.09. The Balaban J connectivity index is 1.85. The maximum atomic E-state index is 3.52. The van der Waals surface area contributed by atoms with Crippen LogP contribution in [0.15, 0.2) is 0 Å². The number of likely N-dealkylation sites (N-methyl/N-ethyl adjacent to an activating group) is 1. The van der Waals surface area contributed by atoms with E-state index in [2.05, 4.69) is 29.2 Å². The normalized spacial score (nSPS) is 33.2. The van der Waals surface area contributed by atoms with Gasteiger partial charge in [0.15, 0.2) is 0 Å². The minimum Gasteiger partial charge on any atom is -0.315 e. The Hall–Kier alpha value is -0.120. The van der Waals surface area contributed by atoms with E-state index in [1.807, 2.05) is 0 Å². The van der Waals surface area contributed by atoms with E-state index >= 15 is 0 Å². The maximum absolute atomic E-state index is 3.52. The molecule has 0 bridgehead atoms. The van der Waals surface area contributed by atoms with Crippen LogP contribution >= 0.6 is 0 Å². The van der Waals surface area contributed by atoms with Crippen molar-refractivity contribution in [3.05, 3.63) is 0 Å². The lowest BCUT2D eigenvalue weighted by atomic mass is 9.90. The molecule has 2 aliphatic rings. The van der Waals surface area contributed by atoms with Gasteiger partial charge < -0.3 is 15.1 Å².